The highest BCUT2D eigenvalue weighted by Gasteiger charge is 2.18. The molecule has 0 radical (unpaired) electrons. The normalized spacial score (nSPS) is 10.7. The molecule has 0 bridgehead atoms. The summed E-state index contributed by atoms with van der Waals surface area (Å²) in [5.74, 6) is -0.550. The van der Waals surface area contributed by atoms with Gasteiger partial charge in [0.05, 0.1) is 18.6 Å². The van der Waals surface area contributed by atoms with Crippen molar-refractivity contribution in [1.29, 1.82) is 0 Å². The molecule has 0 unspecified atom stereocenters. The van der Waals surface area contributed by atoms with Crippen LogP contribution in [0.15, 0.2) is 76.5 Å². The molecule has 0 aliphatic rings. The SMILES string of the molecule is O=C(CSc1nnc(-c2ccc(F)cc2)n1-c1ccc(F)cc1)NC(=O)NCc1ccco1. The number of imide groups is 1. The van der Waals surface area contributed by atoms with Crippen molar-refractivity contribution in [2.45, 2.75) is 11.7 Å². The maximum Gasteiger partial charge on any atom is 0.321 e. The first-order chi connectivity index (χ1) is 16.0. The number of carbonyl (C=O) groups excluding carboxylic acids is 2. The van der Waals surface area contributed by atoms with E-state index < -0.39 is 23.6 Å². The maximum atomic E-state index is 13.4. The lowest BCUT2D eigenvalue weighted by Crippen LogP contribution is -2.39. The Balaban J connectivity index is 1.47. The van der Waals surface area contributed by atoms with Gasteiger partial charge in [-0.05, 0) is 60.7 Å². The zero-order valence-corrected chi connectivity index (χ0v) is 17.8. The van der Waals surface area contributed by atoms with Crippen molar-refractivity contribution in [3.63, 3.8) is 0 Å². The Morgan fingerprint density at radius 2 is 1.67 bits per heavy atom. The average molecular weight is 469 g/mol. The molecule has 2 aromatic carbocycles. The number of halogens is 2. The molecule has 2 heterocycles. The summed E-state index contributed by atoms with van der Waals surface area (Å²) in [7, 11) is 0. The summed E-state index contributed by atoms with van der Waals surface area (Å²) in [4.78, 5) is 24.1. The third-order valence-electron chi connectivity index (χ3n) is 4.41. The Morgan fingerprint density at radius 3 is 2.33 bits per heavy atom. The third kappa shape index (κ3) is 5.63. The minimum absolute atomic E-state index is 0.128. The quantitative estimate of drug-likeness (QED) is 0.398. The molecule has 3 amide bonds. The fourth-order valence-corrected chi connectivity index (χ4v) is 3.64. The first kappa shape index (κ1) is 22.2. The zero-order valence-electron chi connectivity index (χ0n) is 17.0. The van der Waals surface area contributed by atoms with Crippen LogP contribution in [-0.4, -0.2) is 32.5 Å². The first-order valence-electron chi connectivity index (χ1n) is 9.70. The lowest BCUT2D eigenvalue weighted by atomic mass is 10.2. The number of nitrogens with one attached hydrogen (secondary N) is 2. The first-order valence-corrected chi connectivity index (χ1v) is 10.7. The highest BCUT2D eigenvalue weighted by molar-refractivity contribution is 7.99. The number of furan rings is 1. The van der Waals surface area contributed by atoms with Crippen LogP contribution in [0.1, 0.15) is 5.76 Å². The Morgan fingerprint density at radius 1 is 0.970 bits per heavy atom. The van der Waals surface area contributed by atoms with E-state index in [2.05, 4.69) is 20.8 Å². The van der Waals surface area contributed by atoms with Crippen molar-refractivity contribution >= 4 is 23.7 Å². The summed E-state index contributed by atoms with van der Waals surface area (Å²) in [6.45, 7) is 0.138. The number of urea groups is 1. The van der Waals surface area contributed by atoms with Crippen LogP contribution >= 0.6 is 11.8 Å². The average Bonchev–Trinajstić information content (AvgIpc) is 3.47. The van der Waals surface area contributed by atoms with Gasteiger partial charge < -0.3 is 9.73 Å². The summed E-state index contributed by atoms with van der Waals surface area (Å²) < 4.78 is 33.5. The standard InChI is InChI=1S/C22H17F2N5O3S/c23-15-5-3-14(4-6-15)20-27-28-22(29(20)17-9-7-16(24)8-10-17)33-13-19(30)26-21(31)25-12-18-2-1-11-32-18/h1-11H,12-13H2,(H2,25,26,30,31). The summed E-state index contributed by atoms with van der Waals surface area (Å²) >= 11 is 1.04. The van der Waals surface area contributed by atoms with Crippen LogP contribution in [0.4, 0.5) is 13.6 Å². The van der Waals surface area contributed by atoms with Gasteiger partial charge in [0, 0.05) is 11.3 Å². The molecule has 0 saturated heterocycles. The minimum Gasteiger partial charge on any atom is -0.467 e. The van der Waals surface area contributed by atoms with E-state index in [1.807, 2.05) is 0 Å². The van der Waals surface area contributed by atoms with Gasteiger partial charge in [-0.3, -0.25) is 14.7 Å². The molecule has 0 spiro atoms. The summed E-state index contributed by atoms with van der Waals surface area (Å²) in [6, 6.07) is 14.0. The maximum absolute atomic E-state index is 13.4. The molecule has 4 rings (SSSR count). The zero-order chi connectivity index (χ0) is 23.2. The minimum atomic E-state index is -0.663. The molecule has 11 heteroatoms. The largest absolute Gasteiger partial charge is 0.467 e. The van der Waals surface area contributed by atoms with Crippen LogP contribution in [0, 0.1) is 11.6 Å². The van der Waals surface area contributed by atoms with Crippen molar-refractivity contribution in [3.05, 3.63) is 84.3 Å². The predicted octanol–water partition coefficient (Wildman–Crippen LogP) is 3.92. The summed E-state index contributed by atoms with van der Waals surface area (Å²) in [5.41, 5.74) is 1.14. The molecule has 2 aromatic heterocycles. The van der Waals surface area contributed by atoms with Crippen LogP contribution in [0.3, 0.4) is 0 Å². The van der Waals surface area contributed by atoms with Gasteiger partial charge in [-0.2, -0.15) is 0 Å². The van der Waals surface area contributed by atoms with Crippen LogP contribution in [-0.2, 0) is 11.3 Å². The van der Waals surface area contributed by atoms with Gasteiger partial charge in [-0.1, -0.05) is 11.8 Å². The van der Waals surface area contributed by atoms with Crippen molar-refractivity contribution < 1.29 is 22.8 Å². The molecule has 0 aliphatic heterocycles. The highest BCUT2D eigenvalue weighted by Crippen LogP contribution is 2.28. The Kier molecular flexibility index (Phi) is 6.79. The van der Waals surface area contributed by atoms with E-state index in [-0.39, 0.29) is 12.3 Å². The Hall–Kier alpha value is -3.99. The van der Waals surface area contributed by atoms with Crippen molar-refractivity contribution in [1.82, 2.24) is 25.4 Å². The van der Waals surface area contributed by atoms with E-state index in [0.717, 1.165) is 11.8 Å². The smallest absolute Gasteiger partial charge is 0.321 e. The number of amides is 3. The number of hydrogen-bond donors (Lipinski definition) is 2. The third-order valence-corrected chi connectivity index (χ3v) is 5.34. The number of aromatic nitrogens is 3. The van der Waals surface area contributed by atoms with Gasteiger partial charge >= 0.3 is 6.03 Å². The van der Waals surface area contributed by atoms with E-state index >= 15 is 0 Å². The van der Waals surface area contributed by atoms with Crippen LogP contribution < -0.4 is 10.6 Å². The number of rotatable bonds is 7. The Labute approximate surface area is 191 Å². The van der Waals surface area contributed by atoms with Crippen LogP contribution in [0.5, 0.6) is 0 Å². The molecule has 8 nitrogen and oxygen atoms in total. The molecule has 0 fully saturated rings. The van der Waals surface area contributed by atoms with E-state index in [0.29, 0.717) is 28.0 Å². The number of thioether (sulfide) groups is 1. The second-order valence-corrected chi connectivity index (χ2v) is 7.67. The van der Waals surface area contributed by atoms with Gasteiger partial charge in [0.15, 0.2) is 11.0 Å². The molecule has 168 valence electrons. The van der Waals surface area contributed by atoms with Crippen LogP contribution in [0.2, 0.25) is 0 Å². The molecule has 4 aromatic rings. The van der Waals surface area contributed by atoms with E-state index in [4.69, 9.17) is 4.42 Å². The van der Waals surface area contributed by atoms with Crippen LogP contribution in [0.25, 0.3) is 17.1 Å². The lowest BCUT2D eigenvalue weighted by molar-refractivity contribution is -0.117. The molecular formula is C22H17F2N5O3S. The van der Waals surface area contributed by atoms with Gasteiger partial charge in [-0.15, -0.1) is 10.2 Å². The molecule has 2 N–H and O–H groups in total. The molecule has 0 aliphatic carbocycles. The monoisotopic (exact) mass is 469 g/mol. The van der Waals surface area contributed by atoms with E-state index in [1.165, 1.54) is 42.7 Å². The van der Waals surface area contributed by atoms with Crippen molar-refractivity contribution in [3.8, 4) is 17.1 Å². The lowest BCUT2D eigenvalue weighted by Gasteiger charge is -2.10. The Bertz CT molecular complexity index is 1240. The van der Waals surface area contributed by atoms with Gasteiger partial charge in [0.25, 0.3) is 0 Å². The number of nitrogens with zero attached hydrogens (tertiary/aromatic N) is 3. The second kappa shape index (κ2) is 10.1. The molecule has 0 atom stereocenters. The number of hydrogen-bond acceptors (Lipinski definition) is 6. The van der Waals surface area contributed by atoms with Gasteiger partial charge in [0.2, 0.25) is 5.91 Å². The second-order valence-electron chi connectivity index (χ2n) is 6.72. The molecule has 0 saturated carbocycles. The fraction of sp³-hybridized carbons (Fsp3) is 0.0909. The van der Waals surface area contributed by atoms with E-state index in [1.54, 1.807) is 28.8 Å². The summed E-state index contributed by atoms with van der Waals surface area (Å²) in [5, 5.41) is 13.4. The highest BCUT2D eigenvalue weighted by atomic mass is 32.2. The number of benzene rings is 2. The number of carbonyl (C=O) groups is 2. The predicted molar refractivity (Wildman–Crippen MR) is 117 cm³/mol. The molecular weight excluding hydrogens is 452 g/mol. The van der Waals surface area contributed by atoms with Gasteiger partial charge in [0.1, 0.15) is 17.4 Å². The van der Waals surface area contributed by atoms with Crippen molar-refractivity contribution in [2.75, 3.05) is 5.75 Å². The van der Waals surface area contributed by atoms with E-state index in [9.17, 15) is 18.4 Å². The summed E-state index contributed by atoms with van der Waals surface area (Å²) in [6.07, 6.45) is 1.48. The van der Waals surface area contributed by atoms with Gasteiger partial charge in [-0.25, -0.2) is 13.6 Å². The molecule has 33 heavy (non-hydrogen) atoms. The topological polar surface area (TPSA) is 102 Å². The van der Waals surface area contributed by atoms with Crippen molar-refractivity contribution in [2.24, 2.45) is 0 Å². The fourth-order valence-electron chi connectivity index (χ4n) is 2.89.